The van der Waals surface area contributed by atoms with Crippen molar-refractivity contribution in [3.63, 3.8) is 0 Å². The number of carboxylic acids is 1. The molecule has 0 spiro atoms. The van der Waals surface area contributed by atoms with E-state index in [4.69, 9.17) is 4.74 Å². The Labute approximate surface area is 149 Å². The van der Waals surface area contributed by atoms with Crippen LogP contribution in [0.4, 0.5) is 5.69 Å². The lowest BCUT2D eigenvalue weighted by Gasteiger charge is -2.18. The Bertz CT molecular complexity index is 635. The second-order valence-corrected chi connectivity index (χ2v) is 5.99. The number of nitrogens with zero attached hydrogens (tertiary/aromatic N) is 2. The van der Waals surface area contributed by atoms with E-state index in [0.717, 1.165) is 24.9 Å². The zero-order chi connectivity index (χ0) is 18.1. The fourth-order valence-electron chi connectivity index (χ4n) is 2.87. The molecule has 2 rings (SSSR count). The highest BCUT2D eigenvalue weighted by Crippen LogP contribution is 2.25. The van der Waals surface area contributed by atoms with Gasteiger partial charge < -0.3 is 9.84 Å². The number of hydrogen-bond donors (Lipinski definition) is 1. The van der Waals surface area contributed by atoms with Crippen LogP contribution in [-0.4, -0.2) is 23.4 Å². The van der Waals surface area contributed by atoms with Gasteiger partial charge in [-0.25, -0.2) is 9.80 Å². The van der Waals surface area contributed by atoms with Gasteiger partial charge in [-0.05, 0) is 69.7 Å². The maximum Gasteiger partial charge on any atom is 0.344 e. The van der Waals surface area contributed by atoms with E-state index < -0.39 is 12.1 Å². The molecule has 1 aliphatic rings. The molecule has 0 bridgehead atoms. The highest BCUT2D eigenvalue weighted by atomic mass is 16.5. The van der Waals surface area contributed by atoms with Crippen molar-refractivity contribution in [2.45, 2.75) is 51.6 Å². The number of anilines is 1. The summed E-state index contributed by atoms with van der Waals surface area (Å²) in [6.45, 7) is 5.54. The summed E-state index contributed by atoms with van der Waals surface area (Å²) in [5, 5.41) is 15.2. The van der Waals surface area contributed by atoms with Gasteiger partial charge in [0.2, 0.25) is 0 Å². The maximum atomic E-state index is 11.5. The second kappa shape index (κ2) is 9.67. The van der Waals surface area contributed by atoms with E-state index in [-0.39, 0.29) is 0 Å². The number of aliphatic carboxylic acids is 1. The summed E-state index contributed by atoms with van der Waals surface area (Å²) in [4.78, 5) is 11.5. The molecule has 5 nitrogen and oxygen atoms in total. The van der Waals surface area contributed by atoms with Crippen molar-refractivity contribution in [1.82, 2.24) is 0 Å². The molecule has 0 amide bonds. The van der Waals surface area contributed by atoms with Crippen LogP contribution in [0.5, 0.6) is 5.75 Å². The second-order valence-electron chi connectivity index (χ2n) is 5.99. The minimum atomic E-state index is -0.927. The van der Waals surface area contributed by atoms with Crippen LogP contribution in [0.1, 0.15) is 45.4 Å². The van der Waals surface area contributed by atoms with Crippen molar-refractivity contribution in [3.8, 4) is 5.75 Å². The minimum Gasteiger partial charge on any atom is -0.479 e. The third-order valence-corrected chi connectivity index (χ3v) is 4.18. The predicted molar refractivity (Wildman–Crippen MR) is 101 cm³/mol. The Morgan fingerprint density at radius 3 is 2.72 bits per heavy atom. The molecule has 0 aromatic heterocycles. The first-order valence-corrected chi connectivity index (χ1v) is 8.72. The van der Waals surface area contributed by atoms with Crippen LogP contribution in [0.3, 0.4) is 0 Å². The van der Waals surface area contributed by atoms with Crippen LogP contribution in [0.2, 0.25) is 0 Å². The predicted octanol–water partition coefficient (Wildman–Crippen LogP) is 4.75. The molecule has 25 heavy (non-hydrogen) atoms. The van der Waals surface area contributed by atoms with Crippen LogP contribution >= 0.6 is 0 Å². The summed E-state index contributed by atoms with van der Waals surface area (Å²) in [6.07, 6.45) is 10.6. The molecule has 0 aliphatic heterocycles. The summed E-state index contributed by atoms with van der Waals surface area (Å²) in [7, 11) is 0. The molecule has 0 saturated carbocycles. The number of benzene rings is 1. The van der Waals surface area contributed by atoms with Gasteiger partial charge >= 0.3 is 5.97 Å². The van der Waals surface area contributed by atoms with E-state index in [2.05, 4.69) is 17.8 Å². The summed E-state index contributed by atoms with van der Waals surface area (Å²) in [6, 6.07) is 7.17. The molecular weight excluding hydrogens is 316 g/mol. The van der Waals surface area contributed by atoms with E-state index in [1.165, 1.54) is 18.4 Å². The number of ether oxygens (including phenoxy) is 1. The van der Waals surface area contributed by atoms with E-state index >= 15 is 0 Å². The largest absolute Gasteiger partial charge is 0.479 e. The zero-order valence-corrected chi connectivity index (χ0v) is 14.7. The lowest BCUT2D eigenvalue weighted by molar-refractivity contribution is -0.145. The van der Waals surface area contributed by atoms with Gasteiger partial charge in [-0.15, -0.1) is 0 Å². The molecule has 1 aromatic carbocycles. The van der Waals surface area contributed by atoms with Gasteiger partial charge in [0.05, 0.1) is 5.69 Å². The Kier molecular flexibility index (Phi) is 7.26. The van der Waals surface area contributed by atoms with Gasteiger partial charge in [-0.1, -0.05) is 18.2 Å². The number of carboxylic acid groups (broad SMARTS) is 1. The van der Waals surface area contributed by atoms with Gasteiger partial charge in [-0.3, -0.25) is 0 Å². The lowest BCUT2D eigenvalue weighted by atomic mass is 9.95. The quantitative estimate of drug-likeness (QED) is 0.399. The minimum absolute atomic E-state index is 0.488. The Hall–Kier alpha value is -2.56. The van der Waals surface area contributed by atoms with Crippen molar-refractivity contribution >= 4 is 17.9 Å². The monoisotopic (exact) mass is 342 g/mol. The van der Waals surface area contributed by atoms with Crippen molar-refractivity contribution in [1.29, 1.82) is 0 Å². The molecular formula is C20H26N2O3. The van der Waals surface area contributed by atoms with E-state index in [9.17, 15) is 9.90 Å². The van der Waals surface area contributed by atoms with Crippen LogP contribution in [0.15, 0.2) is 53.8 Å². The Morgan fingerprint density at radius 2 is 2.16 bits per heavy atom. The lowest BCUT2D eigenvalue weighted by Crippen LogP contribution is -2.27. The molecule has 1 N–H and O–H groups in total. The van der Waals surface area contributed by atoms with Gasteiger partial charge in [0, 0.05) is 12.4 Å². The maximum absolute atomic E-state index is 11.5. The highest BCUT2D eigenvalue weighted by Gasteiger charge is 2.20. The smallest absolute Gasteiger partial charge is 0.344 e. The summed E-state index contributed by atoms with van der Waals surface area (Å²) < 4.78 is 5.69. The normalized spacial score (nSPS) is 15.5. The SMILES string of the molecule is C=CN(/N=C\C)c1ccc(OC(CCC2=CCCCC2)C(=O)O)cc1. The number of rotatable bonds is 9. The first-order chi connectivity index (χ1) is 12.1. The van der Waals surface area contributed by atoms with E-state index in [0.29, 0.717) is 12.2 Å². The van der Waals surface area contributed by atoms with E-state index in [1.807, 2.05) is 19.1 Å². The molecule has 134 valence electrons. The van der Waals surface area contributed by atoms with Crippen molar-refractivity contribution in [3.05, 3.63) is 48.7 Å². The molecule has 5 heteroatoms. The summed E-state index contributed by atoms with van der Waals surface area (Å²) in [5.74, 6) is -0.387. The molecule has 1 aromatic rings. The van der Waals surface area contributed by atoms with Crippen LogP contribution in [0, 0.1) is 0 Å². The molecule has 1 unspecified atom stereocenters. The average Bonchev–Trinajstić information content (AvgIpc) is 2.64. The third-order valence-electron chi connectivity index (χ3n) is 4.18. The number of hydrazone groups is 1. The molecule has 0 radical (unpaired) electrons. The van der Waals surface area contributed by atoms with Crippen LogP contribution in [0.25, 0.3) is 0 Å². The van der Waals surface area contributed by atoms with Gasteiger partial charge in [-0.2, -0.15) is 5.10 Å². The number of allylic oxidation sites excluding steroid dienone is 2. The Balaban J connectivity index is 1.97. The Morgan fingerprint density at radius 1 is 1.40 bits per heavy atom. The number of hydrogen-bond acceptors (Lipinski definition) is 4. The molecule has 0 heterocycles. The zero-order valence-electron chi connectivity index (χ0n) is 14.7. The molecule has 1 aliphatic carbocycles. The van der Waals surface area contributed by atoms with E-state index in [1.54, 1.807) is 29.6 Å². The molecule has 1 atom stereocenters. The third kappa shape index (κ3) is 5.78. The standard InChI is InChI=1S/C20H26N2O3/c1-3-21-22(4-2)17-11-13-18(14-12-17)25-19(20(23)24)15-10-16-8-6-5-7-9-16/h3-4,8,11-14,19H,2,5-7,9-10,15H2,1H3,(H,23,24)/b21-3-. The van der Waals surface area contributed by atoms with Gasteiger partial charge in [0.25, 0.3) is 0 Å². The van der Waals surface area contributed by atoms with Crippen molar-refractivity contribution in [2.75, 3.05) is 5.01 Å². The topological polar surface area (TPSA) is 62.1 Å². The van der Waals surface area contributed by atoms with Crippen LogP contribution < -0.4 is 9.75 Å². The fraction of sp³-hybridized carbons (Fsp3) is 0.400. The van der Waals surface area contributed by atoms with Crippen LogP contribution in [-0.2, 0) is 4.79 Å². The summed E-state index contributed by atoms with van der Waals surface area (Å²) >= 11 is 0. The van der Waals surface area contributed by atoms with Crippen molar-refractivity contribution in [2.24, 2.45) is 5.10 Å². The first-order valence-electron chi connectivity index (χ1n) is 8.72. The summed E-state index contributed by atoms with van der Waals surface area (Å²) in [5.41, 5.74) is 2.19. The number of carbonyl (C=O) groups is 1. The average molecular weight is 342 g/mol. The molecule has 0 saturated heterocycles. The van der Waals surface area contributed by atoms with Gasteiger partial charge in [0.1, 0.15) is 5.75 Å². The molecule has 0 fully saturated rings. The van der Waals surface area contributed by atoms with Gasteiger partial charge in [0.15, 0.2) is 6.10 Å². The van der Waals surface area contributed by atoms with Crippen molar-refractivity contribution < 1.29 is 14.6 Å². The fourth-order valence-corrected chi connectivity index (χ4v) is 2.87. The first kappa shape index (κ1) is 18.8. The highest BCUT2D eigenvalue weighted by molar-refractivity contribution is 5.72.